The minimum Gasteiger partial charge on any atom is -0.393 e. The third kappa shape index (κ3) is 7.96. The Hall–Kier alpha value is -0.850. The average Bonchev–Trinajstić information content (AvgIpc) is 2.51. The number of guanidine groups is 1. The molecule has 3 N–H and O–H groups in total. The lowest BCUT2D eigenvalue weighted by Gasteiger charge is -2.29. The van der Waals surface area contributed by atoms with E-state index in [0.717, 1.165) is 57.9 Å². The third-order valence-electron chi connectivity index (χ3n) is 4.02. The van der Waals surface area contributed by atoms with E-state index >= 15 is 0 Å². The van der Waals surface area contributed by atoms with E-state index in [1.165, 1.54) is 0 Å². The van der Waals surface area contributed by atoms with Gasteiger partial charge >= 0.3 is 0 Å². The van der Waals surface area contributed by atoms with Crippen molar-refractivity contribution in [3.63, 3.8) is 0 Å². The van der Waals surface area contributed by atoms with Crippen LogP contribution in [-0.2, 0) is 4.74 Å². The number of aliphatic hydroxyl groups excluding tert-OH is 1. The molecule has 0 aliphatic carbocycles. The van der Waals surface area contributed by atoms with Crippen molar-refractivity contribution >= 4 is 5.96 Å². The van der Waals surface area contributed by atoms with Crippen LogP contribution in [0, 0.1) is 0 Å². The maximum atomic E-state index is 9.50. The molecular formula is C16H34N4O2. The molecule has 6 nitrogen and oxygen atoms in total. The van der Waals surface area contributed by atoms with Crippen molar-refractivity contribution in [3.05, 3.63) is 0 Å². The Morgan fingerprint density at radius 2 is 2.00 bits per heavy atom. The maximum absolute atomic E-state index is 9.50. The first-order valence-corrected chi connectivity index (χ1v) is 8.44. The summed E-state index contributed by atoms with van der Waals surface area (Å²) in [4.78, 5) is 7.00. The van der Waals surface area contributed by atoms with Gasteiger partial charge in [-0.05, 0) is 46.6 Å². The van der Waals surface area contributed by atoms with Crippen molar-refractivity contribution in [2.24, 2.45) is 4.99 Å². The molecule has 6 heteroatoms. The lowest BCUT2D eigenvalue weighted by Crippen LogP contribution is -2.41. The fraction of sp³-hybridized carbons (Fsp3) is 0.938. The molecule has 22 heavy (non-hydrogen) atoms. The van der Waals surface area contributed by atoms with Crippen molar-refractivity contribution in [2.45, 2.75) is 51.7 Å². The Kier molecular flexibility index (Phi) is 8.75. The Morgan fingerprint density at radius 3 is 2.59 bits per heavy atom. The second-order valence-corrected chi connectivity index (χ2v) is 6.51. The number of methoxy groups -OCH3 is 1. The number of likely N-dealkylation sites (tertiary alicyclic amines) is 1. The zero-order valence-corrected chi connectivity index (χ0v) is 14.7. The fourth-order valence-electron chi connectivity index (χ4n) is 2.33. The van der Waals surface area contributed by atoms with Gasteiger partial charge in [0, 0.05) is 33.3 Å². The van der Waals surface area contributed by atoms with Gasteiger partial charge < -0.3 is 25.4 Å². The monoisotopic (exact) mass is 314 g/mol. The molecule has 1 fully saturated rings. The van der Waals surface area contributed by atoms with Crippen LogP contribution in [0.5, 0.6) is 0 Å². The minimum atomic E-state index is -0.239. The first-order chi connectivity index (χ1) is 10.5. The predicted molar refractivity (Wildman–Crippen MR) is 91.4 cm³/mol. The molecule has 130 valence electrons. The molecule has 0 bridgehead atoms. The average molecular weight is 314 g/mol. The van der Waals surface area contributed by atoms with Gasteiger partial charge in [0.15, 0.2) is 5.96 Å². The second kappa shape index (κ2) is 10.0. The number of hydrogen-bond acceptors (Lipinski definition) is 4. The van der Waals surface area contributed by atoms with Gasteiger partial charge in [-0.15, -0.1) is 0 Å². The zero-order chi connectivity index (χ0) is 16.4. The highest BCUT2D eigenvalue weighted by Crippen LogP contribution is 2.09. The van der Waals surface area contributed by atoms with Gasteiger partial charge in [-0.25, -0.2) is 0 Å². The van der Waals surface area contributed by atoms with E-state index in [4.69, 9.17) is 4.74 Å². The Bertz CT molecular complexity index is 326. The number of aliphatic imine (C=N–C) groups is 1. The molecule has 0 saturated carbocycles. The van der Waals surface area contributed by atoms with E-state index < -0.39 is 0 Å². The lowest BCUT2D eigenvalue weighted by atomic mass is 10.1. The smallest absolute Gasteiger partial charge is 0.191 e. The van der Waals surface area contributed by atoms with Crippen molar-refractivity contribution < 1.29 is 9.84 Å². The number of piperidine rings is 1. The van der Waals surface area contributed by atoms with Gasteiger partial charge in [0.1, 0.15) is 0 Å². The number of aliphatic hydroxyl groups is 1. The molecule has 0 atom stereocenters. The van der Waals surface area contributed by atoms with Crippen molar-refractivity contribution in [1.82, 2.24) is 15.5 Å². The van der Waals surface area contributed by atoms with Crippen LogP contribution < -0.4 is 10.6 Å². The molecule has 1 aliphatic heterocycles. The van der Waals surface area contributed by atoms with Crippen LogP contribution in [0.25, 0.3) is 0 Å². The van der Waals surface area contributed by atoms with Gasteiger partial charge in [-0.3, -0.25) is 4.99 Å². The summed E-state index contributed by atoms with van der Waals surface area (Å²) in [7, 11) is 1.71. The first-order valence-electron chi connectivity index (χ1n) is 8.44. The molecule has 0 spiro atoms. The quantitative estimate of drug-likeness (QED) is 0.351. The van der Waals surface area contributed by atoms with Crippen LogP contribution in [0.1, 0.15) is 40.0 Å². The molecule has 0 aromatic heterocycles. The summed E-state index contributed by atoms with van der Waals surface area (Å²) in [6.07, 6.45) is 2.80. The molecule has 0 unspecified atom stereocenters. The Balaban J connectivity index is 2.24. The topological polar surface area (TPSA) is 69.1 Å². The highest BCUT2D eigenvalue weighted by Gasteiger charge is 2.17. The van der Waals surface area contributed by atoms with Gasteiger partial charge in [-0.2, -0.15) is 0 Å². The van der Waals surface area contributed by atoms with E-state index in [0.29, 0.717) is 6.54 Å². The molecule has 1 aliphatic rings. The standard InChI is InChI=1S/C16H34N4O2/c1-5-17-15(19-13-16(2,3)22-4)18-9-6-10-20-11-7-14(21)8-12-20/h14,21H,5-13H2,1-4H3,(H2,17,18,19). The highest BCUT2D eigenvalue weighted by molar-refractivity contribution is 5.79. The molecule has 0 amide bonds. The highest BCUT2D eigenvalue weighted by atomic mass is 16.5. The normalized spacial score (nSPS) is 18.5. The van der Waals surface area contributed by atoms with E-state index in [1.807, 2.05) is 13.8 Å². The van der Waals surface area contributed by atoms with Crippen molar-refractivity contribution in [2.75, 3.05) is 46.4 Å². The van der Waals surface area contributed by atoms with Gasteiger partial charge in [0.2, 0.25) is 0 Å². The summed E-state index contributed by atoms with van der Waals surface area (Å²) in [6.45, 7) is 11.6. The van der Waals surface area contributed by atoms with E-state index in [-0.39, 0.29) is 11.7 Å². The van der Waals surface area contributed by atoms with Crippen LogP contribution in [0.3, 0.4) is 0 Å². The predicted octanol–water partition coefficient (Wildman–Crippen LogP) is 0.813. The van der Waals surface area contributed by atoms with Crippen LogP contribution in [-0.4, -0.2) is 74.0 Å². The largest absolute Gasteiger partial charge is 0.393 e. The van der Waals surface area contributed by atoms with Gasteiger partial charge in [0.05, 0.1) is 18.2 Å². The number of hydrogen-bond donors (Lipinski definition) is 3. The zero-order valence-electron chi connectivity index (χ0n) is 14.7. The van der Waals surface area contributed by atoms with E-state index in [1.54, 1.807) is 7.11 Å². The SMILES string of the molecule is CCNC(=NCC(C)(C)OC)NCCCN1CCC(O)CC1. The number of ether oxygens (including phenoxy) is 1. The van der Waals surface area contributed by atoms with Gasteiger partial charge in [-0.1, -0.05) is 0 Å². The molecule has 1 rings (SSSR count). The summed E-state index contributed by atoms with van der Waals surface area (Å²) in [5.41, 5.74) is -0.239. The summed E-state index contributed by atoms with van der Waals surface area (Å²) >= 11 is 0. The van der Waals surface area contributed by atoms with Crippen molar-refractivity contribution in [3.8, 4) is 0 Å². The summed E-state index contributed by atoms with van der Waals surface area (Å²) in [6, 6.07) is 0. The van der Waals surface area contributed by atoms with Crippen LogP contribution in [0.2, 0.25) is 0 Å². The summed E-state index contributed by atoms with van der Waals surface area (Å²) in [5, 5.41) is 16.1. The van der Waals surface area contributed by atoms with Crippen LogP contribution >= 0.6 is 0 Å². The van der Waals surface area contributed by atoms with E-state index in [9.17, 15) is 5.11 Å². The Labute approximate surface area is 135 Å². The summed E-state index contributed by atoms with van der Waals surface area (Å²) in [5.74, 6) is 0.849. The number of nitrogens with one attached hydrogen (secondary N) is 2. The van der Waals surface area contributed by atoms with E-state index in [2.05, 4.69) is 27.4 Å². The third-order valence-corrected chi connectivity index (χ3v) is 4.02. The molecule has 1 saturated heterocycles. The number of nitrogens with zero attached hydrogens (tertiary/aromatic N) is 2. The van der Waals surface area contributed by atoms with Crippen LogP contribution in [0.4, 0.5) is 0 Å². The molecule has 0 radical (unpaired) electrons. The van der Waals surface area contributed by atoms with Crippen molar-refractivity contribution in [1.29, 1.82) is 0 Å². The lowest BCUT2D eigenvalue weighted by molar-refractivity contribution is 0.0310. The minimum absolute atomic E-state index is 0.0917. The first kappa shape index (κ1) is 19.2. The molecule has 0 aromatic carbocycles. The Morgan fingerprint density at radius 1 is 1.32 bits per heavy atom. The molecular weight excluding hydrogens is 280 g/mol. The maximum Gasteiger partial charge on any atom is 0.191 e. The van der Waals surface area contributed by atoms with Gasteiger partial charge in [0.25, 0.3) is 0 Å². The fourth-order valence-corrected chi connectivity index (χ4v) is 2.33. The second-order valence-electron chi connectivity index (χ2n) is 6.51. The number of rotatable bonds is 8. The molecule has 1 heterocycles. The van der Waals surface area contributed by atoms with Crippen LogP contribution in [0.15, 0.2) is 4.99 Å². The molecule has 0 aromatic rings. The summed E-state index contributed by atoms with van der Waals surface area (Å²) < 4.78 is 5.39.